The van der Waals surface area contributed by atoms with Gasteiger partial charge in [-0.1, -0.05) is 11.6 Å². The molecule has 0 unspecified atom stereocenters. The van der Waals surface area contributed by atoms with Crippen molar-refractivity contribution in [3.05, 3.63) is 29.5 Å². The lowest BCUT2D eigenvalue weighted by Crippen LogP contribution is -2.10. The van der Waals surface area contributed by atoms with Crippen molar-refractivity contribution in [3.8, 4) is 5.69 Å². The lowest BCUT2D eigenvalue weighted by molar-refractivity contribution is 0.607. The molecule has 17 heavy (non-hydrogen) atoms. The monoisotopic (exact) mass is 273 g/mol. The van der Waals surface area contributed by atoms with Gasteiger partial charge in [0.25, 0.3) is 0 Å². The summed E-state index contributed by atoms with van der Waals surface area (Å²) < 4.78 is 26.0. The Balaban J connectivity index is 2.43. The van der Waals surface area contributed by atoms with Gasteiger partial charge >= 0.3 is 0 Å². The highest BCUT2D eigenvalue weighted by molar-refractivity contribution is 7.92. The molecule has 1 N–H and O–H groups in total. The van der Waals surface area contributed by atoms with E-state index in [9.17, 15) is 8.42 Å². The van der Waals surface area contributed by atoms with Crippen LogP contribution in [0.2, 0.25) is 5.02 Å². The van der Waals surface area contributed by atoms with Crippen LogP contribution in [0.1, 0.15) is 0 Å². The van der Waals surface area contributed by atoms with E-state index in [-0.39, 0.29) is 5.69 Å². The Bertz CT molecular complexity index is 625. The summed E-state index contributed by atoms with van der Waals surface area (Å²) in [7, 11) is -3.38. The van der Waals surface area contributed by atoms with Crippen molar-refractivity contribution >= 4 is 27.3 Å². The third kappa shape index (κ3) is 2.92. The third-order valence-electron chi connectivity index (χ3n) is 1.86. The van der Waals surface area contributed by atoms with Gasteiger partial charge in [-0.05, 0) is 28.6 Å². The SMILES string of the molecule is CS(=O)(=O)Nc1cc(-n2cnnn2)ccc1Cl. The number of tetrazole rings is 1. The summed E-state index contributed by atoms with van der Waals surface area (Å²) in [6.07, 6.45) is 2.44. The smallest absolute Gasteiger partial charge is 0.229 e. The summed E-state index contributed by atoms with van der Waals surface area (Å²) >= 11 is 5.88. The van der Waals surface area contributed by atoms with E-state index in [4.69, 9.17) is 11.6 Å². The summed E-state index contributed by atoms with van der Waals surface area (Å²) in [5, 5.41) is 11.0. The number of rotatable bonds is 3. The fourth-order valence-corrected chi connectivity index (χ4v) is 2.00. The van der Waals surface area contributed by atoms with E-state index in [2.05, 4.69) is 20.2 Å². The molecule has 0 radical (unpaired) electrons. The number of hydrogen-bond acceptors (Lipinski definition) is 5. The van der Waals surface area contributed by atoms with Crippen LogP contribution in [-0.2, 0) is 10.0 Å². The zero-order valence-corrected chi connectivity index (χ0v) is 10.3. The van der Waals surface area contributed by atoms with Crippen LogP contribution in [0.3, 0.4) is 0 Å². The second-order valence-corrected chi connectivity index (χ2v) is 5.45. The first kappa shape index (κ1) is 11.8. The second kappa shape index (κ2) is 4.30. The summed E-state index contributed by atoms with van der Waals surface area (Å²) in [6, 6.07) is 4.78. The van der Waals surface area contributed by atoms with Gasteiger partial charge in [0, 0.05) is 0 Å². The minimum atomic E-state index is -3.38. The zero-order valence-electron chi connectivity index (χ0n) is 8.70. The molecule has 0 aliphatic carbocycles. The van der Waals surface area contributed by atoms with Crippen LogP contribution in [0, 0.1) is 0 Å². The van der Waals surface area contributed by atoms with Crippen molar-refractivity contribution < 1.29 is 8.42 Å². The summed E-state index contributed by atoms with van der Waals surface area (Å²) in [5.41, 5.74) is 0.882. The van der Waals surface area contributed by atoms with Gasteiger partial charge in [-0.25, -0.2) is 13.1 Å². The van der Waals surface area contributed by atoms with Crippen LogP contribution in [0.5, 0.6) is 0 Å². The van der Waals surface area contributed by atoms with Gasteiger partial charge in [0.2, 0.25) is 10.0 Å². The fourth-order valence-electron chi connectivity index (χ4n) is 1.21. The zero-order chi connectivity index (χ0) is 12.5. The third-order valence-corrected chi connectivity index (χ3v) is 2.78. The molecular formula is C8H8ClN5O2S. The van der Waals surface area contributed by atoms with Crippen LogP contribution in [-0.4, -0.2) is 34.9 Å². The number of sulfonamides is 1. The maximum Gasteiger partial charge on any atom is 0.229 e. The topological polar surface area (TPSA) is 89.8 Å². The van der Waals surface area contributed by atoms with E-state index < -0.39 is 10.0 Å². The van der Waals surface area contributed by atoms with Crippen molar-refractivity contribution in [3.63, 3.8) is 0 Å². The Kier molecular flexibility index (Phi) is 2.99. The number of halogens is 1. The molecule has 0 aliphatic heterocycles. The number of benzene rings is 1. The standard InChI is InChI=1S/C8H8ClN5O2S/c1-17(15,16)11-8-4-6(2-3-7(8)9)14-5-10-12-13-14/h2-5,11H,1H3. The molecule has 1 heterocycles. The highest BCUT2D eigenvalue weighted by Crippen LogP contribution is 2.25. The molecule has 0 saturated heterocycles. The van der Waals surface area contributed by atoms with Crippen LogP contribution in [0.4, 0.5) is 5.69 Å². The lowest BCUT2D eigenvalue weighted by Gasteiger charge is -2.08. The molecule has 7 nitrogen and oxygen atoms in total. The summed E-state index contributed by atoms with van der Waals surface area (Å²) in [6.45, 7) is 0. The Morgan fingerprint density at radius 2 is 2.18 bits per heavy atom. The predicted molar refractivity (Wildman–Crippen MR) is 62.6 cm³/mol. The number of nitrogens with one attached hydrogen (secondary N) is 1. The van der Waals surface area contributed by atoms with Crippen molar-refractivity contribution in [2.75, 3.05) is 11.0 Å². The van der Waals surface area contributed by atoms with Crippen LogP contribution >= 0.6 is 11.6 Å². The molecule has 2 rings (SSSR count). The van der Waals surface area contributed by atoms with Gasteiger partial charge in [-0.15, -0.1) is 5.10 Å². The average Bonchev–Trinajstić information content (AvgIpc) is 2.72. The maximum absolute atomic E-state index is 11.1. The van der Waals surface area contributed by atoms with Gasteiger partial charge in [-0.3, -0.25) is 4.72 Å². The van der Waals surface area contributed by atoms with E-state index in [1.54, 1.807) is 18.2 Å². The fraction of sp³-hybridized carbons (Fsp3) is 0.125. The van der Waals surface area contributed by atoms with E-state index in [1.807, 2.05) is 0 Å². The molecule has 0 spiro atoms. The number of nitrogens with zero attached hydrogens (tertiary/aromatic N) is 4. The second-order valence-electron chi connectivity index (χ2n) is 3.29. The van der Waals surface area contributed by atoms with Crippen molar-refractivity contribution in [1.82, 2.24) is 20.2 Å². The summed E-state index contributed by atoms with van der Waals surface area (Å²) in [4.78, 5) is 0. The first-order valence-electron chi connectivity index (χ1n) is 4.46. The van der Waals surface area contributed by atoms with Gasteiger partial charge in [-0.2, -0.15) is 0 Å². The molecule has 1 aromatic carbocycles. The van der Waals surface area contributed by atoms with Gasteiger partial charge in [0.15, 0.2) is 0 Å². The van der Waals surface area contributed by atoms with Crippen LogP contribution < -0.4 is 4.72 Å². The van der Waals surface area contributed by atoms with Gasteiger partial charge in [0.05, 0.1) is 22.7 Å². The van der Waals surface area contributed by atoms with E-state index in [1.165, 1.54) is 11.0 Å². The Morgan fingerprint density at radius 1 is 1.41 bits per heavy atom. The molecule has 0 bridgehead atoms. The average molecular weight is 274 g/mol. The van der Waals surface area contributed by atoms with Crippen LogP contribution in [0.25, 0.3) is 5.69 Å². The first-order chi connectivity index (χ1) is 7.96. The quantitative estimate of drug-likeness (QED) is 0.888. The van der Waals surface area contributed by atoms with Gasteiger partial charge in [0.1, 0.15) is 6.33 Å². The van der Waals surface area contributed by atoms with Gasteiger partial charge < -0.3 is 0 Å². The number of anilines is 1. The molecular weight excluding hydrogens is 266 g/mol. The first-order valence-corrected chi connectivity index (χ1v) is 6.73. The Hall–Kier alpha value is -1.67. The van der Waals surface area contributed by atoms with Crippen molar-refractivity contribution in [2.45, 2.75) is 0 Å². The van der Waals surface area contributed by atoms with E-state index in [0.29, 0.717) is 10.7 Å². The predicted octanol–water partition coefficient (Wildman–Crippen LogP) is 0.687. The molecule has 0 aliphatic rings. The number of hydrogen-bond donors (Lipinski definition) is 1. The minimum absolute atomic E-state index is 0.280. The Morgan fingerprint density at radius 3 is 2.76 bits per heavy atom. The highest BCUT2D eigenvalue weighted by atomic mass is 35.5. The molecule has 2 aromatic rings. The molecule has 0 saturated carbocycles. The minimum Gasteiger partial charge on any atom is -0.282 e. The molecule has 0 amide bonds. The Labute approximate surface area is 102 Å². The van der Waals surface area contributed by atoms with Crippen molar-refractivity contribution in [2.24, 2.45) is 0 Å². The normalized spacial score (nSPS) is 11.4. The molecule has 1 aromatic heterocycles. The summed E-state index contributed by atoms with van der Waals surface area (Å²) in [5.74, 6) is 0. The maximum atomic E-state index is 11.1. The van der Waals surface area contributed by atoms with Crippen molar-refractivity contribution in [1.29, 1.82) is 0 Å². The molecule has 90 valence electrons. The van der Waals surface area contributed by atoms with E-state index in [0.717, 1.165) is 6.26 Å². The molecule has 0 atom stereocenters. The lowest BCUT2D eigenvalue weighted by atomic mass is 10.3. The number of aromatic nitrogens is 4. The van der Waals surface area contributed by atoms with Crippen LogP contribution in [0.15, 0.2) is 24.5 Å². The highest BCUT2D eigenvalue weighted by Gasteiger charge is 2.08. The molecule has 0 fully saturated rings. The largest absolute Gasteiger partial charge is 0.282 e. The van der Waals surface area contributed by atoms with E-state index >= 15 is 0 Å². The molecule has 9 heteroatoms.